The Hall–Kier alpha value is -3.08. The van der Waals surface area contributed by atoms with Crippen LogP contribution in [0.1, 0.15) is 41.3 Å². The molecule has 1 N–H and O–H groups in total. The maximum Gasteiger partial charge on any atom is 0.490 e. The fourth-order valence-corrected chi connectivity index (χ4v) is 4.39. The van der Waals surface area contributed by atoms with Crippen molar-refractivity contribution in [3.63, 3.8) is 0 Å². The number of fused-ring (bicyclic) bond motifs is 1. The van der Waals surface area contributed by atoms with Crippen molar-refractivity contribution < 1.29 is 32.6 Å². The molecule has 0 radical (unpaired) electrons. The molecule has 4 rings (SSSR count). The zero-order valence-electron chi connectivity index (χ0n) is 18.1. The predicted octanol–water partition coefficient (Wildman–Crippen LogP) is 3.27. The van der Waals surface area contributed by atoms with Crippen LogP contribution in [-0.2, 0) is 16.1 Å². The van der Waals surface area contributed by atoms with E-state index in [0.717, 1.165) is 37.3 Å². The van der Waals surface area contributed by atoms with E-state index in [0.29, 0.717) is 19.1 Å². The predicted molar refractivity (Wildman–Crippen MR) is 110 cm³/mol. The number of carbonyl (C=O) groups is 2. The SMILES string of the molecule is Cc1cccc(COC[C@@]23CCC[C@@H]2CN(C(=O)c2ncccn2)C3)n1.O=C(O)C(F)(F)F. The lowest BCUT2D eigenvalue weighted by molar-refractivity contribution is -0.192. The third-order valence-electron chi connectivity index (χ3n) is 5.91. The van der Waals surface area contributed by atoms with Gasteiger partial charge in [0.1, 0.15) is 0 Å². The Morgan fingerprint density at radius 1 is 1.24 bits per heavy atom. The number of aryl methyl sites for hydroxylation is 1. The summed E-state index contributed by atoms with van der Waals surface area (Å²) in [5, 5.41) is 7.12. The molecule has 0 spiro atoms. The highest BCUT2D eigenvalue weighted by atomic mass is 19.4. The third kappa shape index (κ3) is 6.25. The van der Waals surface area contributed by atoms with Crippen LogP contribution in [0.5, 0.6) is 0 Å². The second-order valence-electron chi connectivity index (χ2n) is 8.28. The van der Waals surface area contributed by atoms with Gasteiger partial charge in [0.15, 0.2) is 0 Å². The van der Waals surface area contributed by atoms with Crippen LogP contribution in [0.2, 0.25) is 0 Å². The lowest BCUT2D eigenvalue weighted by Crippen LogP contribution is -2.35. The minimum atomic E-state index is -5.08. The number of aliphatic carboxylic acids is 1. The maximum absolute atomic E-state index is 12.7. The normalized spacial score (nSPS) is 21.8. The lowest BCUT2D eigenvalue weighted by Gasteiger charge is -2.28. The molecule has 2 aromatic rings. The summed E-state index contributed by atoms with van der Waals surface area (Å²) < 4.78 is 37.8. The number of halogens is 3. The number of nitrogens with zero attached hydrogens (tertiary/aromatic N) is 4. The lowest BCUT2D eigenvalue weighted by atomic mass is 9.81. The second-order valence-corrected chi connectivity index (χ2v) is 8.28. The minimum absolute atomic E-state index is 0.0638. The van der Waals surface area contributed by atoms with Gasteiger partial charge in [0.25, 0.3) is 5.91 Å². The fraction of sp³-hybridized carbons (Fsp3) is 0.500. The summed E-state index contributed by atoms with van der Waals surface area (Å²) in [5.74, 6) is -2.04. The van der Waals surface area contributed by atoms with Crippen LogP contribution < -0.4 is 0 Å². The molecule has 8 nitrogen and oxygen atoms in total. The number of aromatic nitrogens is 3. The molecule has 2 fully saturated rings. The molecule has 0 bridgehead atoms. The summed E-state index contributed by atoms with van der Waals surface area (Å²) in [4.78, 5) is 36.2. The molecule has 178 valence electrons. The van der Waals surface area contributed by atoms with Crippen LogP contribution >= 0.6 is 0 Å². The molecule has 1 amide bonds. The van der Waals surface area contributed by atoms with Crippen LogP contribution in [0.25, 0.3) is 0 Å². The van der Waals surface area contributed by atoms with Gasteiger partial charge in [-0.2, -0.15) is 13.2 Å². The molecule has 2 aromatic heterocycles. The summed E-state index contributed by atoms with van der Waals surface area (Å²) in [5.41, 5.74) is 2.02. The van der Waals surface area contributed by atoms with Gasteiger partial charge in [-0.15, -0.1) is 0 Å². The summed E-state index contributed by atoms with van der Waals surface area (Å²) >= 11 is 0. The number of likely N-dealkylation sites (tertiary alicyclic amines) is 1. The third-order valence-corrected chi connectivity index (χ3v) is 5.91. The molecule has 2 aliphatic rings. The quantitative estimate of drug-likeness (QED) is 0.721. The molecular formula is C22H25F3N4O4. The first-order valence-electron chi connectivity index (χ1n) is 10.5. The van der Waals surface area contributed by atoms with Crippen LogP contribution in [0, 0.1) is 18.3 Å². The number of carboxylic acid groups (broad SMARTS) is 1. The van der Waals surface area contributed by atoms with Crippen molar-refractivity contribution in [2.24, 2.45) is 11.3 Å². The highest BCUT2D eigenvalue weighted by Gasteiger charge is 2.51. The van der Waals surface area contributed by atoms with Crippen LogP contribution in [0.15, 0.2) is 36.7 Å². The van der Waals surface area contributed by atoms with Gasteiger partial charge >= 0.3 is 12.1 Å². The number of rotatable bonds is 5. The number of hydrogen-bond acceptors (Lipinski definition) is 6. The Bertz CT molecular complexity index is 974. The van der Waals surface area contributed by atoms with E-state index in [1.807, 2.05) is 30.0 Å². The van der Waals surface area contributed by atoms with Crippen molar-refractivity contribution in [3.05, 3.63) is 53.9 Å². The molecule has 1 saturated carbocycles. The Labute approximate surface area is 188 Å². The van der Waals surface area contributed by atoms with E-state index in [1.165, 1.54) is 6.42 Å². The molecule has 0 aromatic carbocycles. The highest BCUT2D eigenvalue weighted by Crippen LogP contribution is 2.49. The van der Waals surface area contributed by atoms with E-state index >= 15 is 0 Å². The van der Waals surface area contributed by atoms with E-state index in [4.69, 9.17) is 14.6 Å². The molecule has 3 heterocycles. The van der Waals surface area contributed by atoms with E-state index in [1.54, 1.807) is 18.5 Å². The van der Waals surface area contributed by atoms with Crippen molar-refractivity contribution in [2.75, 3.05) is 19.7 Å². The second kappa shape index (κ2) is 10.2. The highest BCUT2D eigenvalue weighted by molar-refractivity contribution is 5.90. The van der Waals surface area contributed by atoms with Gasteiger partial charge < -0.3 is 14.7 Å². The number of pyridine rings is 1. The van der Waals surface area contributed by atoms with E-state index < -0.39 is 12.1 Å². The summed E-state index contributed by atoms with van der Waals surface area (Å²) in [7, 11) is 0. The molecule has 1 aliphatic heterocycles. The molecule has 1 aliphatic carbocycles. The average molecular weight is 466 g/mol. The molecule has 11 heteroatoms. The fourth-order valence-electron chi connectivity index (χ4n) is 4.39. The first-order valence-corrected chi connectivity index (χ1v) is 10.5. The van der Waals surface area contributed by atoms with E-state index in [-0.39, 0.29) is 17.1 Å². The van der Waals surface area contributed by atoms with Crippen molar-refractivity contribution >= 4 is 11.9 Å². The average Bonchev–Trinajstić information content (AvgIpc) is 3.31. The standard InChI is InChI=1S/C20H24N4O2.C2HF3O2/c1-15-5-2-7-17(23-15)12-26-14-20-8-3-6-16(20)11-24(13-20)19(25)18-21-9-4-10-22-18;3-2(4,5)1(6)7/h2,4-5,7,9-10,16H,3,6,8,11-14H2,1H3;(H,6,7)/t16-,20+;/m1./s1. The summed E-state index contributed by atoms with van der Waals surface area (Å²) in [6.07, 6.45) is 1.63. The van der Waals surface area contributed by atoms with Gasteiger partial charge in [-0.05, 0) is 43.9 Å². The number of ether oxygens (including phenoxy) is 1. The van der Waals surface area contributed by atoms with Crippen LogP contribution in [-0.4, -0.2) is 62.7 Å². The minimum Gasteiger partial charge on any atom is -0.475 e. The van der Waals surface area contributed by atoms with Crippen molar-refractivity contribution in [3.8, 4) is 0 Å². The first kappa shape index (κ1) is 24.6. The molecule has 33 heavy (non-hydrogen) atoms. The van der Waals surface area contributed by atoms with Gasteiger partial charge in [-0.1, -0.05) is 12.5 Å². The molecule has 0 unspecified atom stereocenters. The Balaban J connectivity index is 0.000000383. The van der Waals surface area contributed by atoms with Crippen molar-refractivity contribution in [2.45, 2.75) is 39.0 Å². The van der Waals surface area contributed by atoms with Gasteiger partial charge in [0.05, 0.1) is 18.9 Å². The summed E-state index contributed by atoms with van der Waals surface area (Å²) in [6.45, 7) is 4.69. The Morgan fingerprint density at radius 2 is 1.94 bits per heavy atom. The van der Waals surface area contributed by atoms with Gasteiger partial charge in [0.2, 0.25) is 5.82 Å². The van der Waals surface area contributed by atoms with Crippen molar-refractivity contribution in [1.82, 2.24) is 19.9 Å². The van der Waals surface area contributed by atoms with Crippen LogP contribution in [0.3, 0.4) is 0 Å². The topological polar surface area (TPSA) is 106 Å². The number of amides is 1. The Morgan fingerprint density at radius 3 is 2.58 bits per heavy atom. The number of carboxylic acids is 1. The maximum atomic E-state index is 12.7. The number of hydrogen-bond donors (Lipinski definition) is 1. The van der Waals surface area contributed by atoms with E-state index in [9.17, 15) is 18.0 Å². The van der Waals surface area contributed by atoms with Gasteiger partial charge in [0, 0.05) is 36.6 Å². The monoisotopic (exact) mass is 466 g/mol. The molecular weight excluding hydrogens is 441 g/mol. The van der Waals surface area contributed by atoms with Gasteiger partial charge in [-0.3, -0.25) is 9.78 Å². The zero-order chi connectivity index (χ0) is 24.1. The molecule has 2 atom stereocenters. The largest absolute Gasteiger partial charge is 0.490 e. The zero-order valence-corrected chi connectivity index (χ0v) is 18.1. The smallest absolute Gasteiger partial charge is 0.475 e. The van der Waals surface area contributed by atoms with Crippen molar-refractivity contribution in [1.29, 1.82) is 0 Å². The Kier molecular flexibility index (Phi) is 7.62. The first-order chi connectivity index (χ1) is 15.6. The van der Waals surface area contributed by atoms with Gasteiger partial charge in [-0.25, -0.2) is 14.8 Å². The van der Waals surface area contributed by atoms with Crippen LogP contribution in [0.4, 0.5) is 13.2 Å². The number of carbonyl (C=O) groups excluding carboxylic acids is 1. The van der Waals surface area contributed by atoms with E-state index in [2.05, 4.69) is 15.0 Å². The summed E-state index contributed by atoms with van der Waals surface area (Å²) in [6, 6.07) is 7.72. The number of alkyl halides is 3. The molecule has 1 saturated heterocycles.